The van der Waals surface area contributed by atoms with Gasteiger partial charge in [-0.25, -0.2) is 9.67 Å². The molecular weight excluding hydrogens is 482 g/mol. The van der Waals surface area contributed by atoms with E-state index in [1.807, 2.05) is 79.1 Å². The van der Waals surface area contributed by atoms with Gasteiger partial charge in [0.25, 0.3) is 0 Å². The summed E-state index contributed by atoms with van der Waals surface area (Å²) in [7, 11) is 1.63. The first-order chi connectivity index (χ1) is 18.3. The molecule has 0 saturated carbocycles. The van der Waals surface area contributed by atoms with Crippen LogP contribution in [-0.4, -0.2) is 57.3 Å². The number of anilines is 2. The number of rotatable bonds is 8. The summed E-state index contributed by atoms with van der Waals surface area (Å²) in [6, 6.07) is 11.7. The molecule has 5 rings (SSSR count). The van der Waals surface area contributed by atoms with Crippen molar-refractivity contribution in [1.82, 2.24) is 19.7 Å². The van der Waals surface area contributed by atoms with E-state index in [0.29, 0.717) is 18.0 Å². The Morgan fingerprint density at radius 3 is 2.63 bits per heavy atom. The van der Waals surface area contributed by atoms with Crippen molar-refractivity contribution < 1.29 is 19.3 Å². The SMILES string of the molecule is COc1cc(OC(C)(C)C)cc(N(CCO)c2ccc3ncc(-c4cnn(C5CCCCO5)c4)nc3c2)c1. The Balaban J connectivity index is 1.48. The molecule has 9 nitrogen and oxygen atoms in total. The van der Waals surface area contributed by atoms with Gasteiger partial charge in [-0.1, -0.05) is 0 Å². The summed E-state index contributed by atoms with van der Waals surface area (Å²) in [5.74, 6) is 1.36. The quantitative estimate of drug-likeness (QED) is 0.327. The molecule has 1 saturated heterocycles. The highest BCUT2D eigenvalue weighted by atomic mass is 16.5. The third-order valence-corrected chi connectivity index (χ3v) is 6.35. The first-order valence-electron chi connectivity index (χ1n) is 13.0. The summed E-state index contributed by atoms with van der Waals surface area (Å²) in [4.78, 5) is 11.6. The predicted molar refractivity (Wildman–Crippen MR) is 147 cm³/mol. The van der Waals surface area contributed by atoms with E-state index < -0.39 is 0 Å². The molecule has 38 heavy (non-hydrogen) atoms. The first-order valence-corrected chi connectivity index (χ1v) is 13.0. The molecule has 0 amide bonds. The maximum absolute atomic E-state index is 9.91. The molecule has 0 spiro atoms. The molecule has 1 fully saturated rings. The molecule has 2 aromatic carbocycles. The zero-order chi connectivity index (χ0) is 26.7. The van der Waals surface area contributed by atoms with Crippen molar-refractivity contribution in [1.29, 1.82) is 0 Å². The van der Waals surface area contributed by atoms with E-state index in [-0.39, 0.29) is 18.4 Å². The lowest BCUT2D eigenvalue weighted by molar-refractivity contribution is -0.0394. The summed E-state index contributed by atoms with van der Waals surface area (Å²) in [6.07, 6.45) is 8.72. The highest BCUT2D eigenvalue weighted by Gasteiger charge is 2.19. The number of nitrogens with zero attached hydrogens (tertiary/aromatic N) is 5. The van der Waals surface area contributed by atoms with E-state index >= 15 is 0 Å². The Hall–Kier alpha value is -3.69. The first kappa shape index (κ1) is 25.9. The van der Waals surface area contributed by atoms with Crippen molar-refractivity contribution in [3.8, 4) is 22.8 Å². The second-order valence-corrected chi connectivity index (χ2v) is 10.4. The molecule has 1 atom stereocenters. The second-order valence-electron chi connectivity index (χ2n) is 10.4. The monoisotopic (exact) mass is 517 g/mol. The van der Waals surface area contributed by atoms with E-state index in [1.54, 1.807) is 13.3 Å². The molecule has 1 N–H and O–H groups in total. The molecule has 1 unspecified atom stereocenters. The van der Waals surface area contributed by atoms with Crippen molar-refractivity contribution in [3.05, 3.63) is 55.0 Å². The fourth-order valence-corrected chi connectivity index (χ4v) is 4.62. The average Bonchev–Trinajstić information content (AvgIpc) is 3.41. The van der Waals surface area contributed by atoms with Gasteiger partial charge in [0.05, 0.1) is 42.8 Å². The Morgan fingerprint density at radius 1 is 1.05 bits per heavy atom. The number of benzene rings is 2. The third kappa shape index (κ3) is 5.89. The molecule has 3 heterocycles. The lowest BCUT2D eigenvalue weighted by atomic mass is 10.1. The van der Waals surface area contributed by atoms with Gasteiger partial charge in [0.15, 0.2) is 0 Å². The van der Waals surface area contributed by atoms with Crippen molar-refractivity contribution in [2.45, 2.75) is 51.9 Å². The molecule has 1 aliphatic rings. The number of aliphatic hydroxyl groups excluding tert-OH is 1. The minimum absolute atomic E-state index is 0.0282. The average molecular weight is 518 g/mol. The fourth-order valence-electron chi connectivity index (χ4n) is 4.62. The maximum atomic E-state index is 9.91. The summed E-state index contributed by atoms with van der Waals surface area (Å²) >= 11 is 0. The lowest BCUT2D eigenvalue weighted by Crippen LogP contribution is -2.24. The molecule has 200 valence electrons. The van der Waals surface area contributed by atoms with Gasteiger partial charge >= 0.3 is 0 Å². The summed E-state index contributed by atoms with van der Waals surface area (Å²) < 4.78 is 19.4. The van der Waals surface area contributed by atoms with Crippen molar-refractivity contribution in [2.75, 3.05) is 31.8 Å². The number of fused-ring (bicyclic) bond motifs is 1. The van der Waals surface area contributed by atoms with Crippen LogP contribution in [0.4, 0.5) is 11.4 Å². The van der Waals surface area contributed by atoms with Gasteiger partial charge in [-0.2, -0.15) is 5.10 Å². The van der Waals surface area contributed by atoms with Gasteiger partial charge in [0.2, 0.25) is 0 Å². The zero-order valence-corrected chi connectivity index (χ0v) is 22.4. The minimum Gasteiger partial charge on any atom is -0.497 e. The van der Waals surface area contributed by atoms with E-state index in [1.165, 1.54) is 0 Å². The van der Waals surface area contributed by atoms with E-state index in [9.17, 15) is 5.11 Å². The Labute approximate surface area is 223 Å². The highest BCUT2D eigenvalue weighted by molar-refractivity contribution is 5.82. The number of ether oxygens (including phenoxy) is 3. The van der Waals surface area contributed by atoms with Gasteiger partial charge in [0, 0.05) is 54.5 Å². The van der Waals surface area contributed by atoms with Crippen LogP contribution in [-0.2, 0) is 4.74 Å². The van der Waals surface area contributed by atoms with Gasteiger partial charge in [-0.15, -0.1) is 0 Å². The van der Waals surface area contributed by atoms with Crippen LogP contribution in [0.15, 0.2) is 55.0 Å². The molecule has 9 heteroatoms. The molecule has 2 aromatic heterocycles. The van der Waals surface area contributed by atoms with Crippen LogP contribution in [0.3, 0.4) is 0 Å². The van der Waals surface area contributed by atoms with Crippen LogP contribution in [0.5, 0.6) is 11.5 Å². The highest BCUT2D eigenvalue weighted by Crippen LogP contribution is 2.35. The zero-order valence-electron chi connectivity index (χ0n) is 22.4. The van der Waals surface area contributed by atoms with Crippen molar-refractivity contribution >= 4 is 22.4 Å². The Bertz CT molecular complexity index is 1390. The van der Waals surface area contributed by atoms with E-state index in [2.05, 4.69) is 10.1 Å². The largest absolute Gasteiger partial charge is 0.497 e. The van der Waals surface area contributed by atoms with E-state index in [4.69, 9.17) is 19.2 Å². The van der Waals surface area contributed by atoms with Crippen LogP contribution in [0, 0.1) is 0 Å². The number of methoxy groups -OCH3 is 1. The van der Waals surface area contributed by atoms with Crippen molar-refractivity contribution in [2.24, 2.45) is 0 Å². The number of hydrogen-bond donors (Lipinski definition) is 1. The normalized spacial score (nSPS) is 16.0. The van der Waals surface area contributed by atoms with Gasteiger partial charge < -0.3 is 24.2 Å². The Morgan fingerprint density at radius 2 is 1.89 bits per heavy atom. The molecule has 1 aliphatic heterocycles. The number of aliphatic hydroxyl groups is 1. The maximum Gasteiger partial charge on any atom is 0.150 e. The van der Waals surface area contributed by atoms with Crippen LogP contribution in [0.25, 0.3) is 22.3 Å². The van der Waals surface area contributed by atoms with Gasteiger partial charge in [-0.3, -0.25) is 4.98 Å². The fraction of sp³-hybridized carbons (Fsp3) is 0.414. The number of aromatic nitrogens is 4. The second kappa shape index (κ2) is 11.0. The molecule has 0 radical (unpaired) electrons. The van der Waals surface area contributed by atoms with Crippen molar-refractivity contribution in [3.63, 3.8) is 0 Å². The molecule has 4 aromatic rings. The van der Waals surface area contributed by atoms with Crippen LogP contribution in [0.2, 0.25) is 0 Å². The van der Waals surface area contributed by atoms with Gasteiger partial charge in [0.1, 0.15) is 23.3 Å². The minimum atomic E-state index is -0.364. The summed E-state index contributed by atoms with van der Waals surface area (Å²) in [5, 5.41) is 14.4. The smallest absolute Gasteiger partial charge is 0.150 e. The predicted octanol–water partition coefficient (Wildman–Crippen LogP) is 5.51. The van der Waals surface area contributed by atoms with Crippen LogP contribution in [0.1, 0.15) is 46.3 Å². The van der Waals surface area contributed by atoms with Gasteiger partial charge in [-0.05, 0) is 58.2 Å². The van der Waals surface area contributed by atoms with E-state index in [0.717, 1.165) is 59.5 Å². The lowest BCUT2D eigenvalue weighted by Gasteiger charge is -2.27. The topological polar surface area (TPSA) is 94.8 Å². The van der Waals surface area contributed by atoms with Crippen LogP contribution < -0.4 is 14.4 Å². The van der Waals surface area contributed by atoms with Crippen LogP contribution >= 0.6 is 0 Å². The standard InChI is InChI=1S/C29H35N5O4/c1-29(2,3)38-24-14-22(13-23(16-24)36-4)33(10-11-35)21-8-9-25-26(15-21)32-27(18-30-25)20-17-31-34(19-20)28-7-5-6-12-37-28/h8-9,13-19,28,35H,5-7,10-12H2,1-4H3. The number of hydrogen-bond acceptors (Lipinski definition) is 8. The summed E-state index contributed by atoms with van der Waals surface area (Å²) in [6.45, 7) is 7.13. The molecular formula is C29H35N5O4. The molecule has 0 bridgehead atoms. The molecule has 0 aliphatic carbocycles. The Kier molecular flexibility index (Phi) is 7.49. The third-order valence-electron chi connectivity index (χ3n) is 6.35. The summed E-state index contributed by atoms with van der Waals surface area (Å²) in [5.41, 5.74) is 4.52.